The molecule has 0 saturated carbocycles. The topological polar surface area (TPSA) is 106 Å². The molecular weight excluding hydrogens is 480 g/mol. The van der Waals surface area contributed by atoms with Crippen LogP contribution in [0.3, 0.4) is 0 Å². The SMILES string of the molecule is C=CCOC(=O)c1sc(N2C(=O)C(=O)C(=C(O)c3ccc(OC)cc3C)[C@@H]2c2ccccc2)nc1C. The van der Waals surface area contributed by atoms with E-state index in [0.717, 1.165) is 11.3 Å². The number of aryl methyl sites for hydroxylation is 2. The summed E-state index contributed by atoms with van der Waals surface area (Å²) >= 11 is 0.949. The summed E-state index contributed by atoms with van der Waals surface area (Å²) < 4.78 is 10.4. The Balaban J connectivity index is 1.88. The Kier molecular flexibility index (Phi) is 7.03. The summed E-state index contributed by atoms with van der Waals surface area (Å²) in [4.78, 5) is 45.0. The number of aromatic nitrogens is 1. The number of benzene rings is 2. The second-order valence-corrected chi connectivity index (χ2v) is 9.04. The number of methoxy groups -OCH3 is 1. The maximum Gasteiger partial charge on any atom is 0.350 e. The highest BCUT2D eigenvalue weighted by atomic mass is 32.1. The van der Waals surface area contributed by atoms with Gasteiger partial charge in [0, 0.05) is 5.56 Å². The van der Waals surface area contributed by atoms with Crippen molar-refractivity contribution < 1.29 is 29.0 Å². The maximum atomic E-state index is 13.3. The first kappa shape index (κ1) is 24.9. The fourth-order valence-electron chi connectivity index (χ4n) is 4.03. The van der Waals surface area contributed by atoms with Crippen molar-refractivity contribution >= 4 is 39.9 Å². The molecule has 1 aliphatic heterocycles. The molecule has 0 bridgehead atoms. The zero-order valence-electron chi connectivity index (χ0n) is 20.0. The average Bonchev–Trinajstić information content (AvgIpc) is 3.39. The lowest BCUT2D eigenvalue weighted by atomic mass is 9.94. The smallest absolute Gasteiger partial charge is 0.350 e. The molecule has 0 unspecified atom stereocenters. The van der Waals surface area contributed by atoms with E-state index in [4.69, 9.17) is 9.47 Å². The summed E-state index contributed by atoms with van der Waals surface area (Å²) in [6, 6.07) is 13.0. The molecule has 0 radical (unpaired) electrons. The molecule has 0 spiro atoms. The van der Waals surface area contributed by atoms with E-state index in [-0.39, 0.29) is 27.9 Å². The van der Waals surface area contributed by atoms with Crippen LogP contribution in [0, 0.1) is 13.8 Å². The Bertz CT molecular complexity index is 1390. The van der Waals surface area contributed by atoms with Crippen molar-refractivity contribution in [3.63, 3.8) is 0 Å². The molecular formula is C27H24N2O6S. The monoisotopic (exact) mass is 504 g/mol. The molecule has 4 rings (SSSR count). The normalized spacial score (nSPS) is 16.8. The van der Waals surface area contributed by atoms with E-state index in [1.807, 2.05) is 6.07 Å². The molecule has 1 aromatic heterocycles. The van der Waals surface area contributed by atoms with Crippen LogP contribution in [0.25, 0.3) is 5.76 Å². The first-order valence-electron chi connectivity index (χ1n) is 11.0. The second-order valence-electron chi connectivity index (χ2n) is 8.06. The number of hydrogen-bond donors (Lipinski definition) is 1. The summed E-state index contributed by atoms with van der Waals surface area (Å²) in [5.74, 6) is -2.00. The van der Waals surface area contributed by atoms with Crippen molar-refractivity contribution in [3.8, 4) is 5.75 Å². The number of ketones is 1. The molecule has 0 aliphatic carbocycles. The van der Waals surface area contributed by atoms with Gasteiger partial charge in [-0.2, -0.15) is 0 Å². The van der Waals surface area contributed by atoms with E-state index in [1.54, 1.807) is 56.3 Å². The summed E-state index contributed by atoms with van der Waals surface area (Å²) in [6.45, 7) is 6.96. The second kappa shape index (κ2) is 10.2. The highest BCUT2D eigenvalue weighted by molar-refractivity contribution is 7.17. The lowest BCUT2D eigenvalue weighted by Gasteiger charge is -2.23. The largest absolute Gasteiger partial charge is 0.507 e. The van der Waals surface area contributed by atoms with Crippen molar-refractivity contribution in [1.82, 2.24) is 4.98 Å². The van der Waals surface area contributed by atoms with Crippen LogP contribution in [0.4, 0.5) is 5.13 Å². The number of esters is 1. The lowest BCUT2D eigenvalue weighted by molar-refractivity contribution is -0.132. The molecule has 184 valence electrons. The van der Waals surface area contributed by atoms with Crippen LogP contribution in [0.15, 0.2) is 66.8 Å². The lowest BCUT2D eigenvalue weighted by Crippen LogP contribution is -2.29. The van der Waals surface area contributed by atoms with Crippen molar-refractivity contribution in [2.45, 2.75) is 19.9 Å². The van der Waals surface area contributed by atoms with Crippen LogP contribution >= 0.6 is 11.3 Å². The Morgan fingerprint density at radius 2 is 1.92 bits per heavy atom. The van der Waals surface area contributed by atoms with Crippen LogP contribution in [-0.4, -0.2) is 41.5 Å². The molecule has 1 N–H and O–H groups in total. The predicted molar refractivity (Wildman–Crippen MR) is 136 cm³/mol. The van der Waals surface area contributed by atoms with Gasteiger partial charge in [-0.05, 0) is 43.2 Å². The third kappa shape index (κ3) is 4.40. The first-order chi connectivity index (χ1) is 17.3. The summed E-state index contributed by atoms with van der Waals surface area (Å²) in [6.07, 6.45) is 1.45. The van der Waals surface area contributed by atoms with Gasteiger partial charge in [0.2, 0.25) is 0 Å². The van der Waals surface area contributed by atoms with E-state index in [2.05, 4.69) is 11.6 Å². The van der Waals surface area contributed by atoms with Gasteiger partial charge in [-0.3, -0.25) is 14.5 Å². The Morgan fingerprint density at radius 3 is 2.56 bits per heavy atom. The maximum absolute atomic E-state index is 13.3. The van der Waals surface area contributed by atoms with E-state index in [0.29, 0.717) is 28.1 Å². The van der Waals surface area contributed by atoms with Gasteiger partial charge in [-0.15, -0.1) is 0 Å². The van der Waals surface area contributed by atoms with E-state index >= 15 is 0 Å². The van der Waals surface area contributed by atoms with Crippen molar-refractivity contribution in [3.05, 3.63) is 94.0 Å². The number of Topliss-reactive ketones (excluding diaryl/α,β-unsaturated/α-hetero) is 1. The van der Waals surface area contributed by atoms with Crippen LogP contribution in [0.1, 0.15) is 38.1 Å². The zero-order chi connectivity index (χ0) is 26.0. The summed E-state index contributed by atoms with van der Waals surface area (Å²) in [5.41, 5.74) is 1.97. The molecule has 3 aromatic rings. The Hall–Kier alpha value is -4.24. The Labute approximate surface area is 212 Å². The average molecular weight is 505 g/mol. The third-order valence-corrected chi connectivity index (χ3v) is 6.89. The van der Waals surface area contributed by atoms with Crippen molar-refractivity contribution in [2.75, 3.05) is 18.6 Å². The minimum atomic E-state index is -0.949. The molecule has 1 atom stereocenters. The molecule has 1 amide bonds. The zero-order valence-corrected chi connectivity index (χ0v) is 20.8. The highest BCUT2D eigenvalue weighted by Crippen LogP contribution is 2.44. The number of aliphatic hydroxyl groups is 1. The molecule has 2 aromatic carbocycles. The first-order valence-corrected chi connectivity index (χ1v) is 11.9. The van der Waals surface area contributed by atoms with Crippen LogP contribution in [-0.2, 0) is 14.3 Å². The van der Waals surface area contributed by atoms with Crippen LogP contribution < -0.4 is 9.64 Å². The number of rotatable bonds is 7. The molecule has 2 heterocycles. The van der Waals surface area contributed by atoms with Crippen molar-refractivity contribution in [1.29, 1.82) is 0 Å². The van der Waals surface area contributed by atoms with Gasteiger partial charge in [0.1, 0.15) is 23.0 Å². The molecule has 8 nitrogen and oxygen atoms in total. The van der Waals surface area contributed by atoms with Crippen molar-refractivity contribution in [2.24, 2.45) is 0 Å². The van der Waals surface area contributed by atoms with Gasteiger partial charge in [-0.25, -0.2) is 9.78 Å². The highest BCUT2D eigenvalue weighted by Gasteiger charge is 2.48. The van der Waals surface area contributed by atoms with Gasteiger partial charge in [0.05, 0.1) is 24.4 Å². The third-order valence-electron chi connectivity index (χ3n) is 5.76. The standard InChI is InChI=1S/C27H24N2O6S/c1-5-13-35-26(33)24-16(3)28-27(36-24)29-21(17-9-7-6-8-10-17)20(23(31)25(29)32)22(30)19-12-11-18(34-4)14-15(19)2/h5-12,14,21,30H,1,13H2,2-4H3/t21-/m0/s1. The van der Waals surface area contributed by atoms with Gasteiger partial charge < -0.3 is 14.6 Å². The van der Waals surface area contributed by atoms with Crippen LogP contribution in [0.5, 0.6) is 5.75 Å². The van der Waals surface area contributed by atoms with Gasteiger partial charge in [0.15, 0.2) is 5.13 Å². The number of nitrogens with zero attached hydrogens (tertiary/aromatic N) is 2. The number of hydrogen-bond acceptors (Lipinski definition) is 8. The number of carbonyl (C=O) groups is 3. The minimum absolute atomic E-state index is 0.0290. The Morgan fingerprint density at radius 1 is 1.19 bits per heavy atom. The van der Waals surface area contributed by atoms with E-state index in [9.17, 15) is 19.5 Å². The molecule has 36 heavy (non-hydrogen) atoms. The number of amides is 1. The summed E-state index contributed by atoms with van der Waals surface area (Å²) in [7, 11) is 1.53. The summed E-state index contributed by atoms with van der Waals surface area (Å²) in [5, 5.41) is 11.5. The molecule has 9 heteroatoms. The minimum Gasteiger partial charge on any atom is -0.507 e. The predicted octanol–water partition coefficient (Wildman–Crippen LogP) is 4.74. The molecule has 1 aliphatic rings. The van der Waals surface area contributed by atoms with Gasteiger partial charge in [-0.1, -0.05) is 54.3 Å². The molecule has 1 saturated heterocycles. The van der Waals surface area contributed by atoms with Crippen LogP contribution in [0.2, 0.25) is 0 Å². The van der Waals surface area contributed by atoms with Gasteiger partial charge in [0.25, 0.3) is 5.78 Å². The number of anilines is 1. The van der Waals surface area contributed by atoms with Gasteiger partial charge >= 0.3 is 11.9 Å². The molecule has 1 fully saturated rings. The number of ether oxygens (including phenoxy) is 2. The van der Waals surface area contributed by atoms with E-state index < -0.39 is 23.7 Å². The quantitative estimate of drug-likeness (QED) is 0.163. The number of thiazole rings is 1. The number of aliphatic hydroxyl groups excluding tert-OH is 1. The number of carbonyl (C=O) groups excluding carboxylic acids is 3. The van der Waals surface area contributed by atoms with E-state index in [1.165, 1.54) is 18.1 Å². The fourth-order valence-corrected chi connectivity index (χ4v) is 5.02. The fraction of sp³-hybridized carbons (Fsp3) is 0.185.